The number of carbonyl (C=O) groups excluding carboxylic acids is 4. The molecule has 4 amide bonds. The molecule has 1 atom stereocenters. The number of hydrogen-bond donors (Lipinski definition) is 1. The molecule has 2 aliphatic heterocycles. The average molecular weight is 477 g/mol. The van der Waals surface area contributed by atoms with Crippen LogP contribution in [0.3, 0.4) is 0 Å². The number of rotatable bonds is 5. The Morgan fingerprint density at radius 3 is 2.53 bits per heavy atom. The van der Waals surface area contributed by atoms with Gasteiger partial charge in [0.15, 0.2) is 11.2 Å². The standard InChI is InChI=1S/C24H20N4O5S/c1-13-21(30)27(2)18-11-14(7-8-19(18)33-13)17-12-34-24(25-17)26-20(29)9-10-28-22(31)15-5-3-4-6-16(15)23(28)32/h3-8,11-13H,9-10H2,1-2H3,(H,25,26,29)/t13-/m0/s1. The van der Waals surface area contributed by atoms with Crippen molar-refractivity contribution >= 4 is 45.8 Å². The van der Waals surface area contributed by atoms with Gasteiger partial charge in [-0.25, -0.2) is 4.98 Å². The van der Waals surface area contributed by atoms with Gasteiger partial charge in [-0.05, 0) is 37.3 Å². The first-order valence-corrected chi connectivity index (χ1v) is 11.5. The number of thiazole rings is 1. The summed E-state index contributed by atoms with van der Waals surface area (Å²) in [6, 6.07) is 12.1. The molecular formula is C24H20N4O5S. The van der Waals surface area contributed by atoms with E-state index in [0.717, 1.165) is 10.5 Å². The van der Waals surface area contributed by atoms with Crippen LogP contribution in [0.15, 0.2) is 47.8 Å². The summed E-state index contributed by atoms with van der Waals surface area (Å²) in [5.74, 6) is -0.641. The number of benzene rings is 2. The molecule has 3 aromatic rings. The fraction of sp³-hybridized carbons (Fsp3) is 0.208. The molecule has 0 aliphatic carbocycles. The summed E-state index contributed by atoms with van der Waals surface area (Å²) in [5.41, 5.74) is 2.78. The van der Waals surface area contributed by atoms with Crippen LogP contribution >= 0.6 is 11.3 Å². The quantitative estimate of drug-likeness (QED) is 0.567. The van der Waals surface area contributed by atoms with Crippen LogP contribution in [0.4, 0.5) is 10.8 Å². The van der Waals surface area contributed by atoms with Gasteiger partial charge in [0.2, 0.25) is 5.91 Å². The molecule has 10 heteroatoms. The summed E-state index contributed by atoms with van der Waals surface area (Å²) in [6.45, 7) is 1.69. The van der Waals surface area contributed by atoms with Crippen LogP contribution in [0.1, 0.15) is 34.1 Å². The van der Waals surface area contributed by atoms with E-state index in [2.05, 4.69) is 10.3 Å². The molecule has 0 bridgehead atoms. The van der Waals surface area contributed by atoms with Crippen LogP contribution < -0.4 is 15.0 Å². The molecule has 9 nitrogen and oxygen atoms in total. The van der Waals surface area contributed by atoms with Gasteiger partial charge in [0.1, 0.15) is 5.75 Å². The smallest absolute Gasteiger partial charge is 0.267 e. The number of nitrogens with zero attached hydrogens (tertiary/aromatic N) is 3. The molecule has 3 heterocycles. The van der Waals surface area contributed by atoms with Crippen molar-refractivity contribution in [1.29, 1.82) is 0 Å². The molecule has 34 heavy (non-hydrogen) atoms. The van der Waals surface area contributed by atoms with E-state index in [-0.39, 0.29) is 36.6 Å². The summed E-state index contributed by atoms with van der Waals surface area (Å²) in [5, 5.41) is 4.92. The van der Waals surface area contributed by atoms with Crippen LogP contribution in [0.2, 0.25) is 0 Å². The first kappa shape index (κ1) is 21.8. The lowest BCUT2D eigenvalue weighted by molar-refractivity contribution is -0.125. The van der Waals surface area contributed by atoms with Crippen molar-refractivity contribution < 1.29 is 23.9 Å². The van der Waals surface area contributed by atoms with Gasteiger partial charge in [-0.3, -0.25) is 24.1 Å². The van der Waals surface area contributed by atoms with Crippen LogP contribution in [-0.2, 0) is 9.59 Å². The van der Waals surface area contributed by atoms with Gasteiger partial charge in [0.05, 0.1) is 22.5 Å². The average Bonchev–Trinajstić information content (AvgIpc) is 3.39. The molecule has 2 aliphatic rings. The summed E-state index contributed by atoms with van der Waals surface area (Å²) in [7, 11) is 1.70. The molecule has 2 aromatic carbocycles. The largest absolute Gasteiger partial charge is 0.479 e. The lowest BCUT2D eigenvalue weighted by Gasteiger charge is -2.30. The maximum Gasteiger partial charge on any atom is 0.267 e. The number of hydrogen-bond acceptors (Lipinski definition) is 7. The lowest BCUT2D eigenvalue weighted by Crippen LogP contribution is -2.41. The second kappa shape index (κ2) is 8.38. The Hall–Kier alpha value is -4.05. The van der Waals surface area contributed by atoms with Crippen molar-refractivity contribution in [3.63, 3.8) is 0 Å². The number of aromatic nitrogens is 1. The Morgan fingerprint density at radius 2 is 1.82 bits per heavy atom. The van der Waals surface area contributed by atoms with Gasteiger partial charge < -0.3 is 15.0 Å². The fourth-order valence-electron chi connectivity index (χ4n) is 3.97. The third-order valence-corrected chi connectivity index (χ3v) is 6.55. The molecule has 0 unspecified atom stereocenters. The van der Waals surface area contributed by atoms with Crippen LogP contribution in [0, 0.1) is 0 Å². The van der Waals surface area contributed by atoms with Gasteiger partial charge in [-0.1, -0.05) is 12.1 Å². The molecule has 0 radical (unpaired) electrons. The van der Waals surface area contributed by atoms with Crippen molar-refractivity contribution in [2.75, 3.05) is 23.8 Å². The Labute approximate surface area is 199 Å². The van der Waals surface area contributed by atoms with Crippen molar-refractivity contribution in [1.82, 2.24) is 9.88 Å². The number of amides is 4. The highest BCUT2D eigenvalue weighted by Gasteiger charge is 2.35. The van der Waals surface area contributed by atoms with Gasteiger partial charge >= 0.3 is 0 Å². The van der Waals surface area contributed by atoms with Gasteiger partial charge in [-0.15, -0.1) is 11.3 Å². The molecule has 0 saturated carbocycles. The zero-order chi connectivity index (χ0) is 24.0. The SMILES string of the molecule is C[C@@H]1Oc2ccc(-c3csc(NC(=O)CCN4C(=O)c5ccccc5C4=O)n3)cc2N(C)C1=O. The molecule has 0 saturated heterocycles. The monoisotopic (exact) mass is 476 g/mol. The normalized spacial score (nSPS) is 16.9. The second-order valence-corrected chi connectivity index (χ2v) is 8.84. The first-order valence-electron chi connectivity index (χ1n) is 10.6. The predicted octanol–water partition coefficient (Wildman–Crippen LogP) is 3.18. The molecule has 1 aromatic heterocycles. The van der Waals surface area contributed by atoms with E-state index < -0.39 is 6.10 Å². The highest BCUT2D eigenvalue weighted by Crippen LogP contribution is 2.37. The zero-order valence-corrected chi connectivity index (χ0v) is 19.2. The third kappa shape index (κ3) is 3.71. The topological polar surface area (TPSA) is 109 Å². The van der Waals surface area contributed by atoms with E-state index in [9.17, 15) is 19.2 Å². The van der Waals surface area contributed by atoms with E-state index in [0.29, 0.717) is 33.4 Å². The third-order valence-electron chi connectivity index (χ3n) is 5.79. The zero-order valence-electron chi connectivity index (χ0n) is 18.4. The minimum absolute atomic E-state index is 0.0139. The van der Waals surface area contributed by atoms with E-state index in [1.807, 2.05) is 12.1 Å². The summed E-state index contributed by atoms with van der Waals surface area (Å²) in [4.78, 5) is 56.6. The number of ether oxygens (including phenoxy) is 1. The Kier molecular flexibility index (Phi) is 5.37. The minimum Gasteiger partial charge on any atom is -0.479 e. The van der Waals surface area contributed by atoms with E-state index >= 15 is 0 Å². The Bertz CT molecular complexity index is 1320. The number of anilines is 2. The molecule has 172 valence electrons. The van der Waals surface area contributed by atoms with Crippen molar-refractivity contribution in [2.45, 2.75) is 19.4 Å². The van der Waals surface area contributed by atoms with Crippen LogP contribution in [-0.4, -0.2) is 53.2 Å². The van der Waals surface area contributed by atoms with Gasteiger partial charge in [-0.2, -0.15) is 0 Å². The van der Waals surface area contributed by atoms with E-state index in [4.69, 9.17) is 4.74 Å². The number of imide groups is 1. The molecule has 1 N–H and O–H groups in total. The lowest BCUT2D eigenvalue weighted by atomic mass is 10.1. The van der Waals surface area contributed by atoms with E-state index in [1.54, 1.807) is 54.6 Å². The maximum atomic E-state index is 12.4. The highest BCUT2D eigenvalue weighted by atomic mass is 32.1. The van der Waals surface area contributed by atoms with Crippen molar-refractivity contribution in [3.8, 4) is 17.0 Å². The predicted molar refractivity (Wildman–Crippen MR) is 126 cm³/mol. The molecular weight excluding hydrogens is 456 g/mol. The first-order chi connectivity index (χ1) is 16.3. The van der Waals surface area contributed by atoms with E-state index in [1.165, 1.54) is 11.3 Å². The van der Waals surface area contributed by atoms with Crippen LogP contribution in [0.5, 0.6) is 5.75 Å². The number of likely N-dealkylation sites (N-methyl/N-ethyl adjacent to an activating group) is 1. The number of carbonyl (C=O) groups is 4. The van der Waals surface area contributed by atoms with Crippen LogP contribution in [0.25, 0.3) is 11.3 Å². The van der Waals surface area contributed by atoms with Crippen molar-refractivity contribution in [3.05, 3.63) is 59.0 Å². The fourth-order valence-corrected chi connectivity index (χ4v) is 4.71. The Morgan fingerprint density at radius 1 is 1.12 bits per heavy atom. The minimum atomic E-state index is -0.537. The second-order valence-electron chi connectivity index (χ2n) is 7.98. The molecule has 0 spiro atoms. The van der Waals surface area contributed by atoms with Crippen molar-refractivity contribution in [2.24, 2.45) is 0 Å². The molecule has 5 rings (SSSR count). The number of nitrogens with one attached hydrogen (secondary N) is 1. The van der Waals surface area contributed by atoms with Gasteiger partial charge in [0.25, 0.3) is 17.7 Å². The summed E-state index contributed by atoms with van der Waals surface area (Å²) >= 11 is 1.26. The van der Waals surface area contributed by atoms with Gasteiger partial charge in [0, 0.05) is 31.0 Å². The Balaban J connectivity index is 1.23. The molecule has 0 fully saturated rings. The summed E-state index contributed by atoms with van der Waals surface area (Å²) < 4.78 is 5.65. The highest BCUT2D eigenvalue weighted by molar-refractivity contribution is 7.14. The maximum absolute atomic E-state index is 12.4. The summed E-state index contributed by atoms with van der Waals surface area (Å²) in [6.07, 6.45) is -0.577. The number of fused-ring (bicyclic) bond motifs is 2.